The summed E-state index contributed by atoms with van der Waals surface area (Å²) in [5.41, 5.74) is 1.64. The van der Waals surface area contributed by atoms with Gasteiger partial charge in [0.05, 0.1) is 0 Å². The lowest BCUT2D eigenvalue weighted by atomic mass is 10.1. The number of allylic oxidation sites excluding steroid dienone is 1. The molecule has 1 rings (SSSR count). The molecule has 0 heterocycles. The first-order valence-corrected chi connectivity index (χ1v) is 5.32. The molecule has 0 spiro atoms. The lowest BCUT2D eigenvalue weighted by Crippen LogP contribution is -1.91. The van der Waals surface area contributed by atoms with Gasteiger partial charge in [-0.1, -0.05) is 27.5 Å². The monoisotopic (exact) mass is 272 g/mol. The zero-order chi connectivity index (χ0) is 10.7. The summed E-state index contributed by atoms with van der Waals surface area (Å²) in [5, 5.41) is 0.663. The summed E-state index contributed by atoms with van der Waals surface area (Å²) < 4.78 is 0.933. The average molecular weight is 274 g/mol. The first kappa shape index (κ1) is 11.5. The Kier molecular flexibility index (Phi) is 3.90. The predicted molar refractivity (Wildman–Crippen MR) is 63.5 cm³/mol. The third kappa shape index (κ3) is 2.96. The molecular formula is C11H10BrClO. The predicted octanol–water partition coefficient (Wildman–Crippen LogP) is 4.09. The number of benzene rings is 1. The lowest BCUT2D eigenvalue weighted by Gasteiger charge is -2.00. The topological polar surface area (TPSA) is 17.1 Å². The van der Waals surface area contributed by atoms with Crippen LogP contribution in [0.3, 0.4) is 0 Å². The average Bonchev–Trinajstić information content (AvgIpc) is 2.11. The zero-order valence-corrected chi connectivity index (χ0v) is 10.3. The van der Waals surface area contributed by atoms with Crippen molar-refractivity contribution in [2.75, 3.05) is 0 Å². The summed E-state index contributed by atoms with van der Waals surface area (Å²) >= 11 is 9.24. The molecule has 0 amide bonds. The summed E-state index contributed by atoms with van der Waals surface area (Å²) in [4.78, 5) is 11.0. The summed E-state index contributed by atoms with van der Waals surface area (Å²) in [6, 6.07) is 5.48. The Morgan fingerprint density at radius 2 is 2.07 bits per heavy atom. The van der Waals surface area contributed by atoms with Gasteiger partial charge in [0.15, 0.2) is 5.78 Å². The van der Waals surface area contributed by atoms with Gasteiger partial charge in [-0.15, -0.1) is 0 Å². The van der Waals surface area contributed by atoms with Crippen LogP contribution in [0.15, 0.2) is 28.2 Å². The van der Waals surface area contributed by atoms with Crippen LogP contribution in [0, 0.1) is 0 Å². The molecule has 0 bridgehead atoms. The standard InChI is InChI=1S/C11H10BrClO/c1-7(8(2)14)5-9-6-10(13)3-4-11(9)12/h3-6H,1-2H3/b7-5+. The second-order valence-electron chi connectivity index (χ2n) is 3.05. The van der Waals surface area contributed by atoms with Gasteiger partial charge in [-0.05, 0) is 49.3 Å². The van der Waals surface area contributed by atoms with Crippen LogP contribution in [0.4, 0.5) is 0 Å². The number of carbonyl (C=O) groups is 1. The highest BCUT2D eigenvalue weighted by molar-refractivity contribution is 9.10. The van der Waals surface area contributed by atoms with Gasteiger partial charge < -0.3 is 0 Å². The first-order chi connectivity index (χ1) is 6.50. The summed E-state index contributed by atoms with van der Waals surface area (Å²) in [6.45, 7) is 3.33. The van der Waals surface area contributed by atoms with Gasteiger partial charge in [-0.25, -0.2) is 0 Å². The molecule has 0 N–H and O–H groups in total. The van der Waals surface area contributed by atoms with E-state index >= 15 is 0 Å². The Bertz CT molecular complexity index is 396. The van der Waals surface area contributed by atoms with Crippen molar-refractivity contribution in [2.45, 2.75) is 13.8 Å². The summed E-state index contributed by atoms with van der Waals surface area (Å²) in [6.07, 6.45) is 1.82. The fourth-order valence-corrected chi connectivity index (χ4v) is 1.50. The minimum atomic E-state index is 0.0666. The molecule has 0 aliphatic carbocycles. The van der Waals surface area contributed by atoms with E-state index in [2.05, 4.69) is 15.9 Å². The second-order valence-corrected chi connectivity index (χ2v) is 4.34. The van der Waals surface area contributed by atoms with E-state index < -0.39 is 0 Å². The quantitative estimate of drug-likeness (QED) is 0.742. The van der Waals surface area contributed by atoms with Crippen LogP contribution in [0.5, 0.6) is 0 Å². The van der Waals surface area contributed by atoms with Crippen molar-refractivity contribution in [1.29, 1.82) is 0 Å². The van der Waals surface area contributed by atoms with Gasteiger partial charge in [0.1, 0.15) is 0 Å². The maximum absolute atomic E-state index is 11.0. The van der Waals surface area contributed by atoms with E-state index in [1.54, 1.807) is 19.9 Å². The molecule has 0 aliphatic heterocycles. The minimum Gasteiger partial charge on any atom is -0.295 e. The smallest absolute Gasteiger partial charge is 0.155 e. The van der Waals surface area contributed by atoms with Crippen molar-refractivity contribution < 1.29 is 4.79 Å². The molecule has 0 radical (unpaired) electrons. The molecule has 0 unspecified atom stereocenters. The fourth-order valence-electron chi connectivity index (χ4n) is 0.960. The van der Waals surface area contributed by atoms with Crippen LogP contribution in [0.1, 0.15) is 19.4 Å². The van der Waals surface area contributed by atoms with E-state index in [4.69, 9.17) is 11.6 Å². The van der Waals surface area contributed by atoms with Crippen molar-refractivity contribution in [3.05, 3.63) is 38.8 Å². The van der Waals surface area contributed by atoms with E-state index in [-0.39, 0.29) is 5.78 Å². The third-order valence-electron chi connectivity index (χ3n) is 1.89. The van der Waals surface area contributed by atoms with Crippen LogP contribution in [-0.2, 0) is 4.79 Å². The van der Waals surface area contributed by atoms with Crippen LogP contribution >= 0.6 is 27.5 Å². The van der Waals surface area contributed by atoms with E-state index in [9.17, 15) is 4.79 Å². The normalized spacial score (nSPS) is 11.6. The highest BCUT2D eigenvalue weighted by Crippen LogP contribution is 2.23. The SMILES string of the molecule is CC(=O)/C(C)=C/c1cc(Cl)ccc1Br. The van der Waals surface area contributed by atoms with Gasteiger partial charge in [0, 0.05) is 9.50 Å². The molecular weight excluding hydrogens is 263 g/mol. The largest absolute Gasteiger partial charge is 0.295 e. The number of hydrogen-bond acceptors (Lipinski definition) is 1. The van der Waals surface area contributed by atoms with Gasteiger partial charge in [0.2, 0.25) is 0 Å². The molecule has 0 aromatic heterocycles. The fraction of sp³-hybridized carbons (Fsp3) is 0.182. The van der Waals surface area contributed by atoms with E-state index in [1.165, 1.54) is 0 Å². The van der Waals surface area contributed by atoms with Crippen LogP contribution in [0.25, 0.3) is 6.08 Å². The maximum atomic E-state index is 11.0. The van der Waals surface area contributed by atoms with Gasteiger partial charge >= 0.3 is 0 Å². The maximum Gasteiger partial charge on any atom is 0.155 e. The number of hydrogen-bond donors (Lipinski definition) is 0. The number of rotatable bonds is 2. The molecule has 74 valence electrons. The molecule has 0 atom stereocenters. The van der Waals surface area contributed by atoms with Crippen molar-refractivity contribution in [3.8, 4) is 0 Å². The lowest BCUT2D eigenvalue weighted by molar-refractivity contribution is -0.113. The van der Waals surface area contributed by atoms with Crippen molar-refractivity contribution >= 4 is 39.4 Å². The van der Waals surface area contributed by atoms with E-state index in [1.807, 2.05) is 18.2 Å². The second kappa shape index (κ2) is 4.76. The molecule has 1 aromatic rings. The number of halogens is 2. The Balaban J connectivity index is 3.13. The molecule has 1 aromatic carbocycles. The molecule has 3 heteroatoms. The Morgan fingerprint density at radius 3 is 2.64 bits per heavy atom. The third-order valence-corrected chi connectivity index (χ3v) is 2.84. The van der Waals surface area contributed by atoms with Crippen molar-refractivity contribution in [2.24, 2.45) is 0 Å². The van der Waals surface area contributed by atoms with Crippen molar-refractivity contribution in [3.63, 3.8) is 0 Å². The van der Waals surface area contributed by atoms with Crippen LogP contribution in [0.2, 0.25) is 5.02 Å². The van der Waals surface area contributed by atoms with Gasteiger partial charge in [0.25, 0.3) is 0 Å². The Labute approximate surface area is 96.9 Å². The molecule has 0 aliphatic rings. The summed E-state index contributed by atoms with van der Waals surface area (Å²) in [5.74, 6) is 0.0666. The Hall–Kier alpha value is -0.600. The molecule has 0 saturated heterocycles. The minimum absolute atomic E-state index is 0.0666. The van der Waals surface area contributed by atoms with Gasteiger partial charge in [-0.2, -0.15) is 0 Å². The number of ketones is 1. The zero-order valence-electron chi connectivity index (χ0n) is 7.97. The van der Waals surface area contributed by atoms with E-state index in [0.717, 1.165) is 10.0 Å². The van der Waals surface area contributed by atoms with Gasteiger partial charge in [-0.3, -0.25) is 4.79 Å². The number of Topliss-reactive ketones (excluding diaryl/α,β-unsaturated/α-hetero) is 1. The molecule has 1 nitrogen and oxygen atoms in total. The van der Waals surface area contributed by atoms with Crippen LogP contribution in [-0.4, -0.2) is 5.78 Å². The van der Waals surface area contributed by atoms with E-state index in [0.29, 0.717) is 10.6 Å². The molecule has 0 fully saturated rings. The van der Waals surface area contributed by atoms with Crippen molar-refractivity contribution in [1.82, 2.24) is 0 Å². The molecule has 0 saturated carbocycles. The highest BCUT2D eigenvalue weighted by atomic mass is 79.9. The first-order valence-electron chi connectivity index (χ1n) is 4.15. The van der Waals surface area contributed by atoms with Crippen LogP contribution < -0.4 is 0 Å². The number of carbonyl (C=O) groups excluding carboxylic acids is 1. The molecule has 14 heavy (non-hydrogen) atoms. The Morgan fingerprint density at radius 1 is 1.43 bits per heavy atom. The highest BCUT2D eigenvalue weighted by Gasteiger charge is 2.01. The summed E-state index contributed by atoms with van der Waals surface area (Å²) in [7, 11) is 0.